The lowest BCUT2D eigenvalue weighted by molar-refractivity contribution is -0.137. The molecule has 1 aromatic heterocycles. The van der Waals surface area contributed by atoms with Crippen molar-refractivity contribution in [3.63, 3.8) is 0 Å². The van der Waals surface area contributed by atoms with Crippen LogP contribution in [-0.2, 0) is 11.0 Å². The van der Waals surface area contributed by atoms with Gasteiger partial charge in [0, 0.05) is 11.7 Å². The molecule has 4 nitrogen and oxygen atoms in total. The second-order valence-electron chi connectivity index (χ2n) is 5.50. The van der Waals surface area contributed by atoms with E-state index in [4.69, 9.17) is 0 Å². The molecule has 1 aromatic rings. The Balaban J connectivity index is 2.86. The number of halogens is 3. The third-order valence-corrected chi connectivity index (χ3v) is 2.36. The summed E-state index contributed by atoms with van der Waals surface area (Å²) in [6, 6.07) is 1.29. The van der Waals surface area contributed by atoms with Gasteiger partial charge in [-0.1, -0.05) is 0 Å². The number of carbonyl (C=O) groups excluding carboxylic acids is 1. The van der Waals surface area contributed by atoms with E-state index in [-0.39, 0.29) is 5.82 Å². The van der Waals surface area contributed by atoms with Crippen LogP contribution in [0, 0.1) is 0 Å². The molecule has 112 valence electrons. The van der Waals surface area contributed by atoms with Crippen LogP contribution in [-0.4, -0.2) is 22.5 Å². The summed E-state index contributed by atoms with van der Waals surface area (Å²) in [6.07, 6.45) is -3.28. The quantitative estimate of drug-likeness (QED) is 0.899. The van der Waals surface area contributed by atoms with Crippen LogP contribution in [0.25, 0.3) is 0 Å². The van der Waals surface area contributed by atoms with Crippen LogP contribution in [0.15, 0.2) is 18.3 Å². The average Bonchev–Trinajstić information content (AvgIpc) is 2.25. The molecular formula is C13H18F3N3O. The lowest BCUT2D eigenvalue weighted by Crippen LogP contribution is -2.47. The molecule has 1 amide bonds. The van der Waals surface area contributed by atoms with Crippen LogP contribution in [0.1, 0.15) is 33.3 Å². The largest absolute Gasteiger partial charge is 0.419 e. The second kappa shape index (κ2) is 5.68. The first kappa shape index (κ1) is 16.3. The molecule has 20 heavy (non-hydrogen) atoms. The van der Waals surface area contributed by atoms with Gasteiger partial charge in [0.15, 0.2) is 0 Å². The summed E-state index contributed by atoms with van der Waals surface area (Å²) < 4.78 is 38.4. The number of carbonyl (C=O) groups is 1. The highest BCUT2D eigenvalue weighted by molar-refractivity contribution is 5.84. The molecule has 1 atom stereocenters. The normalized spacial score (nSPS) is 13.8. The Kier molecular flexibility index (Phi) is 4.62. The molecule has 1 rings (SSSR count). The molecule has 0 fully saturated rings. The molecule has 0 spiro atoms. The smallest absolute Gasteiger partial charge is 0.358 e. The molecule has 0 saturated carbocycles. The highest BCUT2D eigenvalue weighted by Crippen LogP contribution is 2.33. The van der Waals surface area contributed by atoms with Crippen molar-refractivity contribution in [3.8, 4) is 0 Å². The number of nitrogens with one attached hydrogen (secondary N) is 2. The number of amides is 1. The predicted octanol–water partition coefficient (Wildman–Crippen LogP) is 2.82. The van der Waals surface area contributed by atoms with Crippen molar-refractivity contribution in [1.82, 2.24) is 10.3 Å². The van der Waals surface area contributed by atoms with Gasteiger partial charge in [-0.3, -0.25) is 4.79 Å². The zero-order chi connectivity index (χ0) is 15.6. The van der Waals surface area contributed by atoms with Crippen molar-refractivity contribution in [2.75, 3.05) is 5.32 Å². The van der Waals surface area contributed by atoms with Crippen molar-refractivity contribution in [1.29, 1.82) is 0 Å². The Morgan fingerprint density at radius 1 is 1.30 bits per heavy atom. The van der Waals surface area contributed by atoms with Gasteiger partial charge in [-0.25, -0.2) is 4.98 Å². The monoisotopic (exact) mass is 289 g/mol. The van der Waals surface area contributed by atoms with Crippen LogP contribution in [0.5, 0.6) is 0 Å². The number of nitrogens with zero attached hydrogens (tertiary/aromatic N) is 1. The van der Waals surface area contributed by atoms with Gasteiger partial charge in [0.2, 0.25) is 5.91 Å². The SMILES string of the molecule is CC(Nc1ncccc1C(F)(F)F)C(=O)NC(C)(C)C. The number of hydrogen-bond donors (Lipinski definition) is 2. The van der Waals surface area contributed by atoms with Crippen LogP contribution in [0.2, 0.25) is 0 Å². The topological polar surface area (TPSA) is 54.0 Å². The fraction of sp³-hybridized carbons (Fsp3) is 0.538. The number of aromatic nitrogens is 1. The van der Waals surface area contributed by atoms with Crippen LogP contribution < -0.4 is 10.6 Å². The third kappa shape index (κ3) is 4.71. The number of anilines is 1. The van der Waals surface area contributed by atoms with E-state index < -0.39 is 29.2 Å². The fourth-order valence-corrected chi connectivity index (χ4v) is 1.50. The summed E-state index contributed by atoms with van der Waals surface area (Å²) in [6.45, 7) is 6.86. The Morgan fingerprint density at radius 2 is 1.90 bits per heavy atom. The maximum Gasteiger partial charge on any atom is 0.419 e. The van der Waals surface area contributed by atoms with E-state index in [0.29, 0.717) is 0 Å². The number of rotatable bonds is 3. The van der Waals surface area contributed by atoms with Crippen molar-refractivity contribution in [2.24, 2.45) is 0 Å². The van der Waals surface area contributed by atoms with Gasteiger partial charge < -0.3 is 10.6 Å². The molecular weight excluding hydrogens is 271 g/mol. The Hall–Kier alpha value is -1.79. The van der Waals surface area contributed by atoms with Gasteiger partial charge in [-0.2, -0.15) is 13.2 Å². The molecule has 1 heterocycles. The Morgan fingerprint density at radius 3 is 2.40 bits per heavy atom. The number of hydrogen-bond acceptors (Lipinski definition) is 3. The highest BCUT2D eigenvalue weighted by Gasteiger charge is 2.34. The van der Waals surface area contributed by atoms with Crippen molar-refractivity contribution < 1.29 is 18.0 Å². The number of pyridine rings is 1. The lowest BCUT2D eigenvalue weighted by Gasteiger charge is -2.24. The van der Waals surface area contributed by atoms with E-state index in [1.165, 1.54) is 19.2 Å². The highest BCUT2D eigenvalue weighted by atomic mass is 19.4. The predicted molar refractivity (Wildman–Crippen MR) is 70.2 cm³/mol. The molecule has 0 aliphatic rings. The van der Waals surface area contributed by atoms with E-state index in [1.54, 1.807) is 20.8 Å². The molecule has 0 radical (unpaired) electrons. The zero-order valence-electron chi connectivity index (χ0n) is 11.8. The van der Waals surface area contributed by atoms with Gasteiger partial charge in [0.1, 0.15) is 11.9 Å². The van der Waals surface area contributed by atoms with Gasteiger partial charge >= 0.3 is 6.18 Å². The summed E-state index contributed by atoms with van der Waals surface area (Å²) in [5.41, 5.74) is -1.35. The molecule has 7 heteroatoms. The Bertz CT molecular complexity index is 480. The minimum Gasteiger partial charge on any atom is -0.358 e. The molecule has 0 aliphatic carbocycles. The van der Waals surface area contributed by atoms with Crippen molar-refractivity contribution in [2.45, 2.75) is 45.5 Å². The summed E-state index contributed by atoms with van der Waals surface area (Å²) in [5, 5.41) is 5.18. The van der Waals surface area contributed by atoms with Gasteiger partial charge in [0.25, 0.3) is 0 Å². The first-order valence-electron chi connectivity index (χ1n) is 6.11. The maximum absolute atomic E-state index is 12.8. The standard InChI is InChI=1S/C13H18F3N3O/c1-8(11(20)19-12(2,3)4)18-10-9(13(14,15)16)6-5-7-17-10/h5-8H,1-4H3,(H,17,18)(H,19,20). The van der Waals surface area contributed by atoms with Crippen LogP contribution >= 0.6 is 0 Å². The fourth-order valence-electron chi connectivity index (χ4n) is 1.50. The number of alkyl halides is 3. The summed E-state index contributed by atoms with van der Waals surface area (Å²) in [4.78, 5) is 15.5. The molecule has 0 saturated heterocycles. The average molecular weight is 289 g/mol. The minimum absolute atomic E-state index is 0.350. The van der Waals surface area contributed by atoms with E-state index in [2.05, 4.69) is 15.6 Å². The molecule has 0 aromatic carbocycles. The van der Waals surface area contributed by atoms with E-state index in [1.807, 2.05) is 0 Å². The summed E-state index contributed by atoms with van der Waals surface area (Å²) in [7, 11) is 0. The molecule has 2 N–H and O–H groups in total. The summed E-state index contributed by atoms with van der Waals surface area (Å²) in [5.74, 6) is -0.743. The first-order valence-corrected chi connectivity index (χ1v) is 6.11. The third-order valence-electron chi connectivity index (χ3n) is 2.36. The van der Waals surface area contributed by atoms with Crippen molar-refractivity contribution in [3.05, 3.63) is 23.9 Å². The summed E-state index contributed by atoms with van der Waals surface area (Å²) >= 11 is 0. The van der Waals surface area contributed by atoms with Gasteiger partial charge in [0.05, 0.1) is 5.56 Å². The van der Waals surface area contributed by atoms with E-state index in [0.717, 1.165) is 6.07 Å². The second-order valence-corrected chi connectivity index (χ2v) is 5.50. The zero-order valence-corrected chi connectivity index (χ0v) is 11.8. The maximum atomic E-state index is 12.8. The minimum atomic E-state index is -4.52. The van der Waals surface area contributed by atoms with Gasteiger partial charge in [-0.15, -0.1) is 0 Å². The van der Waals surface area contributed by atoms with Crippen LogP contribution in [0.3, 0.4) is 0 Å². The lowest BCUT2D eigenvalue weighted by atomic mass is 10.1. The van der Waals surface area contributed by atoms with E-state index in [9.17, 15) is 18.0 Å². The van der Waals surface area contributed by atoms with E-state index >= 15 is 0 Å². The molecule has 1 unspecified atom stereocenters. The van der Waals surface area contributed by atoms with Gasteiger partial charge in [-0.05, 0) is 39.8 Å². The first-order chi connectivity index (χ1) is 9.00. The molecule has 0 bridgehead atoms. The molecule has 0 aliphatic heterocycles. The Labute approximate surface area is 115 Å². The van der Waals surface area contributed by atoms with Crippen LogP contribution in [0.4, 0.5) is 19.0 Å². The van der Waals surface area contributed by atoms with Crippen molar-refractivity contribution >= 4 is 11.7 Å².